The Morgan fingerprint density at radius 3 is 2.47 bits per heavy atom. The summed E-state index contributed by atoms with van der Waals surface area (Å²) in [5.74, 6) is -0.0743. The topological polar surface area (TPSA) is 130 Å². The summed E-state index contributed by atoms with van der Waals surface area (Å²) in [6, 6.07) is 17.0. The Kier molecular flexibility index (Phi) is 11.2. The first kappa shape index (κ1) is 31.2. The van der Waals surface area contributed by atoms with Gasteiger partial charge in [-0.15, -0.1) is 0 Å². The van der Waals surface area contributed by atoms with Gasteiger partial charge in [0.15, 0.2) is 0 Å². The van der Waals surface area contributed by atoms with E-state index in [1.807, 2.05) is 29.2 Å². The zero-order valence-corrected chi connectivity index (χ0v) is 24.9. The highest BCUT2D eigenvalue weighted by Gasteiger charge is 2.21. The van der Waals surface area contributed by atoms with Gasteiger partial charge in [0.1, 0.15) is 5.84 Å². The van der Waals surface area contributed by atoms with E-state index in [4.69, 9.17) is 5.73 Å². The standard InChI is InChI=1S/C34H40N6O3/c1-3-15-40(16-4-2)34(43)28-18-26-13-14-27(19-30(26)39-31(35)20-28)33(42)38-29-17-25(21-36-23-29)22-37-32(41)12-8-11-24-9-6-5-7-10-24/h5-7,9-10,13-14,17-19,21,23H,3-4,8,11-12,15-16,20,22H2,1-2H3,(H2,35,39)(H,37,41)(H,38,42). The number of nitrogens with zero attached hydrogens (tertiary/aromatic N) is 3. The molecule has 0 radical (unpaired) electrons. The summed E-state index contributed by atoms with van der Waals surface area (Å²) >= 11 is 0. The van der Waals surface area contributed by atoms with E-state index in [0.29, 0.717) is 54.4 Å². The molecular formula is C34H40N6O3. The lowest BCUT2D eigenvalue weighted by Crippen LogP contribution is -2.34. The molecule has 0 bridgehead atoms. The lowest BCUT2D eigenvalue weighted by Gasteiger charge is -2.22. The van der Waals surface area contributed by atoms with Crippen molar-refractivity contribution in [1.82, 2.24) is 15.2 Å². The molecule has 3 aromatic rings. The van der Waals surface area contributed by atoms with Crippen LogP contribution in [0, 0.1) is 0 Å². The molecule has 0 saturated heterocycles. The number of rotatable bonds is 13. The van der Waals surface area contributed by atoms with E-state index in [-0.39, 0.29) is 24.1 Å². The lowest BCUT2D eigenvalue weighted by atomic mass is 10.0. The molecule has 2 heterocycles. The third kappa shape index (κ3) is 9.10. The van der Waals surface area contributed by atoms with Gasteiger partial charge in [0.2, 0.25) is 11.8 Å². The Balaban J connectivity index is 1.37. The third-order valence-electron chi connectivity index (χ3n) is 7.06. The zero-order valence-electron chi connectivity index (χ0n) is 24.9. The van der Waals surface area contributed by atoms with Gasteiger partial charge in [-0.05, 0) is 61.1 Å². The Morgan fingerprint density at radius 2 is 1.72 bits per heavy atom. The van der Waals surface area contributed by atoms with Crippen LogP contribution >= 0.6 is 0 Å². The second kappa shape index (κ2) is 15.4. The largest absolute Gasteiger partial charge is 0.387 e. The van der Waals surface area contributed by atoms with E-state index < -0.39 is 0 Å². The second-order valence-electron chi connectivity index (χ2n) is 10.7. The number of nitrogens with one attached hydrogen (secondary N) is 2. The number of benzene rings is 2. The molecule has 0 atom stereocenters. The van der Waals surface area contributed by atoms with E-state index in [1.165, 1.54) is 5.56 Å². The summed E-state index contributed by atoms with van der Waals surface area (Å²) in [6.07, 6.45) is 9.10. The molecular weight excluding hydrogens is 540 g/mol. The van der Waals surface area contributed by atoms with E-state index >= 15 is 0 Å². The smallest absolute Gasteiger partial charge is 0.255 e. The number of aromatic nitrogens is 1. The summed E-state index contributed by atoms with van der Waals surface area (Å²) in [7, 11) is 0. The average molecular weight is 581 g/mol. The SMILES string of the molecule is CCCN(CCC)C(=O)C1=Cc2ccc(C(=O)Nc3cncc(CNC(=O)CCCc4ccccc4)c3)cc2N=C(N)C1. The second-order valence-corrected chi connectivity index (χ2v) is 10.7. The van der Waals surface area contributed by atoms with Crippen molar-refractivity contribution in [3.8, 4) is 0 Å². The maximum absolute atomic E-state index is 13.2. The number of hydrogen-bond donors (Lipinski definition) is 3. The van der Waals surface area contributed by atoms with Gasteiger partial charge in [0.05, 0.1) is 17.6 Å². The summed E-state index contributed by atoms with van der Waals surface area (Å²) in [5.41, 5.74) is 10.9. The van der Waals surface area contributed by atoms with E-state index in [1.54, 1.807) is 36.7 Å². The van der Waals surface area contributed by atoms with Crippen LogP contribution < -0.4 is 16.4 Å². The van der Waals surface area contributed by atoms with Crippen molar-refractivity contribution < 1.29 is 14.4 Å². The summed E-state index contributed by atoms with van der Waals surface area (Å²) in [5, 5.41) is 5.80. The molecule has 1 aliphatic heterocycles. The molecule has 0 fully saturated rings. The van der Waals surface area contributed by atoms with Crippen molar-refractivity contribution in [3.63, 3.8) is 0 Å². The van der Waals surface area contributed by atoms with Crippen LogP contribution in [-0.2, 0) is 22.6 Å². The van der Waals surface area contributed by atoms with Gasteiger partial charge in [-0.1, -0.05) is 50.2 Å². The number of pyridine rings is 1. The number of anilines is 1. The molecule has 9 nitrogen and oxygen atoms in total. The fourth-order valence-electron chi connectivity index (χ4n) is 4.97. The number of aliphatic imine (C=N–C) groups is 1. The van der Waals surface area contributed by atoms with Gasteiger partial charge >= 0.3 is 0 Å². The molecule has 224 valence electrons. The van der Waals surface area contributed by atoms with Gasteiger partial charge in [-0.25, -0.2) is 4.99 Å². The van der Waals surface area contributed by atoms with Crippen LogP contribution in [0.2, 0.25) is 0 Å². The molecule has 4 N–H and O–H groups in total. The minimum atomic E-state index is -0.331. The molecule has 1 aromatic heterocycles. The highest BCUT2D eigenvalue weighted by atomic mass is 16.2. The first-order chi connectivity index (χ1) is 20.9. The Bertz CT molecular complexity index is 1490. The van der Waals surface area contributed by atoms with Gasteiger partial charge in [-0.3, -0.25) is 19.4 Å². The van der Waals surface area contributed by atoms with Gasteiger partial charge in [-0.2, -0.15) is 0 Å². The van der Waals surface area contributed by atoms with Crippen molar-refractivity contribution in [1.29, 1.82) is 0 Å². The Hall–Kier alpha value is -4.79. The molecule has 0 unspecified atom stereocenters. The molecule has 0 saturated carbocycles. The summed E-state index contributed by atoms with van der Waals surface area (Å²) in [4.78, 5) is 49.3. The number of aryl methyl sites for hydroxylation is 1. The molecule has 1 aliphatic rings. The molecule has 0 spiro atoms. The maximum atomic E-state index is 13.2. The molecule has 2 aromatic carbocycles. The lowest BCUT2D eigenvalue weighted by molar-refractivity contribution is -0.127. The monoisotopic (exact) mass is 580 g/mol. The van der Waals surface area contributed by atoms with Crippen LogP contribution in [0.3, 0.4) is 0 Å². The van der Waals surface area contributed by atoms with Crippen molar-refractivity contribution in [2.75, 3.05) is 18.4 Å². The quantitative estimate of drug-likeness (QED) is 0.249. The molecule has 9 heteroatoms. The highest BCUT2D eigenvalue weighted by molar-refractivity contribution is 6.07. The number of carbonyl (C=O) groups excluding carboxylic acids is 3. The van der Waals surface area contributed by atoms with Gasteiger partial charge in [0.25, 0.3) is 5.91 Å². The number of amidine groups is 1. The predicted molar refractivity (Wildman–Crippen MR) is 171 cm³/mol. The molecule has 3 amide bonds. The molecule has 4 rings (SSSR count). The van der Waals surface area contributed by atoms with Crippen LogP contribution in [0.1, 0.15) is 73.0 Å². The van der Waals surface area contributed by atoms with Crippen molar-refractivity contribution in [3.05, 3.63) is 94.8 Å². The summed E-state index contributed by atoms with van der Waals surface area (Å²) in [6.45, 7) is 5.78. The van der Waals surface area contributed by atoms with Crippen molar-refractivity contribution in [2.24, 2.45) is 10.7 Å². The zero-order chi connectivity index (χ0) is 30.6. The minimum absolute atomic E-state index is 0.0301. The first-order valence-corrected chi connectivity index (χ1v) is 14.9. The van der Waals surface area contributed by atoms with Gasteiger partial charge in [0, 0.05) is 55.4 Å². The summed E-state index contributed by atoms with van der Waals surface area (Å²) < 4.78 is 0. The van der Waals surface area contributed by atoms with Gasteiger partial charge < -0.3 is 21.3 Å². The van der Waals surface area contributed by atoms with Crippen LogP contribution in [0.5, 0.6) is 0 Å². The van der Waals surface area contributed by atoms with Crippen molar-refractivity contribution in [2.45, 2.75) is 58.9 Å². The van der Waals surface area contributed by atoms with Crippen LogP contribution in [0.15, 0.2) is 77.6 Å². The maximum Gasteiger partial charge on any atom is 0.255 e. The average Bonchev–Trinajstić information content (AvgIpc) is 3.17. The fraction of sp³-hybridized carbons (Fsp3) is 0.324. The normalized spacial score (nSPS) is 12.3. The number of nitrogens with two attached hydrogens (primary N) is 1. The van der Waals surface area contributed by atoms with E-state index in [0.717, 1.165) is 36.8 Å². The minimum Gasteiger partial charge on any atom is -0.387 e. The highest BCUT2D eigenvalue weighted by Crippen LogP contribution is 2.29. The van der Waals surface area contributed by atoms with Crippen molar-refractivity contribution >= 4 is 41.0 Å². The van der Waals surface area contributed by atoms with E-state index in [2.05, 4.69) is 46.6 Å². The Labute approximate surface area is 253 Å². The predicted octanol–water partition coefficient (Wildman–Crippen LogP) is 5.40. The molecule has 0 aliphatic carbocycles. The van der Waals surface area contributed by atoms with E-state index in [9.17, 15) is 14.4 Å². The number of fused-ring (bicyclic) bond motifs is 1. The van der Waals surface area contributed by atoms with Crippen LogP contribution in [0.4, 0.5) is 11.4 Å². The molecule has 43 heavy (non-hydrogen) atoms. The number of amides is 3. The Morgan fingerprint density at radius 1 is 0.953 bits per heavy atom. The first-order valence-electron chi connectivity index (χ1n) is 14.9. The fourth-order valence-corrected chi connectivity index (χ4v) is 4.97. The van der Waals surface area contributed by atoms with Crippen LogP contribution in [-0.4, -0.2) is 46.5 Å². The number of hydrogen-bond acceptors (Lipinski definition) is 6. The van der Waals surface area contributed by atoms with Crippen LogP contribution in [0.25, 0.3) is 6.08 Å². The number of carbonyl (C=O) groups is 3. The third-order valence-corrected chi connectivity index (χ3v) is 7.06.